The van der Waals surface area contributed by atoms with E-state index in [1.54, 1.807) is 0 Å². The lowest BCUT2D eigenvalue weighted by Crippen LogP contribution is -2.60. The molecule has 1 aliphatic carbocycles. The molecule has 1 saturated carbocycles. The van der Waals surface area contributed by atoms with Crippen molar-refractivity contribution in [2.45, 2.75) is 51.5 Å². The molecular formula is C9H19NO2. The van der Waals surface area contributed by atoms with E-state index in [-0.39, 0.29) is 0 Å². The first kappa shape index (κ1) is 11.4. The van der Waals surface area contributed by atoms with Crippen LogP contribution in [0.25, 0.3) is 0 Å². The molecule has 72 valence electrons. The molecule has 0 spiro atoms. The van der Waals surface area contributed by atoms with E-state index in [4.69, 9.17) is 9.90 Å². The van der Waals surface area contributed by atoms with Gasteiger partial charge in [0.2, 0.25) is 0 Å². The fourth-order valence-electron chi connectivity index (χ4n) is 1.36. The number of quaternary nitrogens is 1. The van der Waals surface area contributed by atoms with Crippen LogP contribution >= 0.6 is 0 Å². The lowest BCUT2D eigenvalue weighted by atomic mass is 10.1. The molecule has 3 N–H and O–H groups in total. The highest BCUT2D eigenvalue weighted by molar-refractivity contribution is 5.60. The number of carboxylic acid groups (broad SMARTS) is 1. The van der Waals surface area contributed by atoms with Crippen LogP contribution in [0.2, 0.25) is 0 Å². The van der Waals surface area contributed by atoms with Gasteiger partial charge in [0.05, 0.1) is 6.04 Å². The van der Waals surface area contributed by atoms with E-state index in [2.05, 4.69) is 5.73 Å². The number of hydrogen-bond acceptors (Lipinski definition) is 2. The number of hydrogen-bond donors (Lipinski definition) is 1. The normalized spacial score (nSPS) is 18.8. The molecule has 0 heterocycles. The van der Waals surface area contributed by atoms with Gasteiger partial charge >= 0.3 is 0 Å². The van der Waals surface area contributed by atoms with Gasteiger partial charge in [-0.2, -0.15) is 0 Å². The Morgan fingerprint density at radius 2 is 1.58 bits per heavy atom. The molecule has 0 amide bonds. The molecule has 0 unspecified atom stereocenters. The summed E-state index contributed by atoms with van der Waals surface area (Å²) in [4.78, 5) is 8.89. The van der Waals surface area contributed by atoms with Crippen molar-refractivity contribution in [3.8, 4) is 0 Å². The van der Waals surface area contributed by atoms with Gasteiger partial charge in [-0.1, -0.05) is 12.8 Å². The summed E-state index contributed by atoms with van der Waals surface area (Å²) in [6.45, 7) is 0.972. The van der Waals surface area contributed by atoms with Crippen molar-refractivity contribution in [3.05, 3.63) is 0 Å². The molecule has 0 aliphatic heterocycles. The molecule has 0 aromatic heterocycles. The van der Waals surface area contributed by atoms with E-state index >= 15 is 0 Å². The Balaban J connectivity index is 0.000000261. The van der Waals surface area contributed by atoms with Crippen LogP contribution < -0.4 is 10.8 Å². The van der Waals surface area contributed by atoms with E-state index in [0.717, 1.165) is 13.0 Å². The SMILES string of the molecule is CC(=O)[O-].[NH3+]C1CCCCCC1. The minimum absolute atomic E-state index is 0.775. The fourth-order valence-corrected chi connectivity index (χ4v) is 1.36. The Kier molecular flexibility index (Phi) is 6.76. The minimum atomic E-state index is -1.08. The summed E-state index contributed by atoms with van der Waals surface area (Å²) < 4.78 is 0. The first-order valence-corrected chi connectivity index (χ1v) is 4.63. The number of carbonyl (C=O) groups is 1. The molecule has 0 saturated heterocycles. The van der Waals surface area contributed by atoms with Crippen LogP contribution in [-0.4, -0.2) is 12.0 Å². The maximum absolute atomic E-state index is 8.89. The smallest absolute Gasteiger partial charge is 0.0843 e. The molecule has 0 aromatic rings. The molecular weight excluding hydrogens is 154 g/mol. The molecule has 3 nitrogen and oxygen atoms in total. The molecule has 1 fully saturated rings. The quantitative estimate of drug-likeness (QED) is 0.511. The highest BCUT2D eigenvalue weighted by Gasteiger charge is 2.08. The Morgan fingerprint density at radius 3 is 1.92 bits per heavy atom. The highest BCUT2D eigenvalue weighted by atomic mass is 16.4. The van der Waals surface area contributed by atoms with Gasteiger partial charge < -0.3 is 15.6 Å². The van der Waals surface area contributed by atoms with E-state index in [0.29, 0.717) is 0 Å². The highest BCUT2D eigenvalue weighted by Crippen LogP contribution is 2.13. The van der Waals surface area contributed by atoms with Crippen LogP contribution in [0.15, 0.2) is 0 Å². The largest absolute Gasteiger partial charge is 0.550 e. The van der Waals surface area contributed by atoms with Gasteiger partial charge in [0.15, 0.2) is 0 Å². The third kappa shape index (κ3) is 9.43. The molecule has 1 aliphatic rings. The molecule has 12 heavy (non-hydrogen) atoms. The zero-order valence-electron chi connectivity index (χ0n) is 7.84. The van der Waals surface area contributed by atoms with E-state index in [1.165, 1.54) is 38.5 Å². The number of carboxylic acids is 1. The Morgan fingerprint density at radius 1 is 1.25 bits per heavy atom. The van der Waals surface area contributed by atoms with Crippen LogP contribution in [-0.2, 0) is 4.79 Å². The molecule has 0 aromatic carbocycles. The van der Waals surface area contributed by atoms with Gasteiger partial charge in [-0.05, 0) is 32.6 Å². The van der Waals surface area contributed by atoms with Crippen molar-refractivity contribution < 1.29 is 15.6 Å². The van der Waals surface area contributed by atoms with E-state index in [9.17, 15) is 0 Å². The van der Waals surface area contributed by atoms with Crippen molar-refractivity contribution in [2.75, 3.05) is 0 Å². The van der Waals surface area contributed by atoms with E-state index < -0.39 is 5.97 Å². The first-order valence-electron chi connectivity index (χ1n) is 4.63. The molecule has 3 heteroatoms. The van der Waals surface area contributed by atoms with Crippen LogP contribution in [0.3, 0.4) is 0 Å². The van der Waals surface area contributed by atoms with Crippen molar-refractivity contribution in [1.82, 2.24) is 0 Å². The summed E-state index contributed by atoms with van der Waals surface area (Å²) >= 11 is 0. The van der Waals surface area contributed by atoms with Crippen molar-refractivity contribution in [3.63, 3.8) is 0 Å². The summed E-state index contributed by atoms with van der Waals surface area (Å²) in [5, 5.41) is 8.89. The average Bonchev–Trinajstić information content (AvgIpc) is 2.14. The number of aliphatic carboxylic acids is 1. The van der Waals surface area contributed by atoms with Gasteiger partial charge in [-0.25, -0.2) is 0 Å². The van der Waals surface area contributed by atoms with Crippen LogP contribution in [0.1, 0.15) is 45.4 Å². The topological polar surface area (TPSA) is 67.8 Å². The lowest BCUT2D eigenvalue weighted by molar-refractivity contribution is -0.422. The predicted octanol–water partition coefficient (Wildman–Crippen LogP) is -0.293. The summed E-state index contributed by atoms with van der Waals surface area (Å²) in [6.07, 6.45) is 8.50. The molecule has 0 radical (unpaired) electrons. The standard InChI is InChI=1S/C7H15N.C2H4O2/c8-7-5-3-1-2-4-6-7;1-2(3)4/h7H,1-6,8H2;1H3,(H,3,4). The maximum atomic E-state index is 8.89. The Bertz CT molecular complexity index is 114. The molecule has 1 rings (SSSR count). The summed E-state index contributed by atoms with van der Waals surface area (Å²) in [5.41, 5.74) is 4.06. The summed E-state index contributed by atoms with van der Waals surface area (Å²) in [5.74, 6) is -1.08. The monoisotopic (exact) mass is 173 g/mol. The van der Waals surface area contributed by atoms with Crippen molar-refractivity contribution >= 4 is 5.97 Å². The van der Waals surface area contributed by atoms with Crippen molar-refractivity contribution in [2.24, 2.45) is 0 Å². The lowest BCUT2D eigenvalue weighted by Gasteiger charge is -1.99. The summed E-state index contributed by atoms with van der Waals surface area (Å²) in [7, 11) is 0. The van der Waals surface area contributed by atoms with Crippen LogP contribution in [0.5, 0.6) is 0 Å². The van der Waals surface area contributed by atoms with Gasteiger partial charge in [0, 0.05) is 5.97 Å². The Labute approximate surface area is 74.0 Å². The van der Waals surface area contributed by atoms with Gasteiger partial charge in [0.1, 0.15) is 0 Å². The Hall–Kier alpha value is -0.570. The number of rotatable bonds is 0. The molecule has 0 bridgehead atoms. The van der Waals surface area contributed by atoms with Crippen molar-refractivity contribution in [1.29, 1.82) is 0 Å². The number of carbonyl (C=O) groups excluding carboxylic acids is 1. The second-order valence-corrected chi connectivity index (χ2v) is 3.35. The molecule has 0 atom stereocenters. The third-order valence-corrected chi connectivity index (χ3v) is 1.97. The minimum Gasteiger partial charge on any atom is -0.550 e. The van der Waals surface area contributed by atoms with Gasteiger partial charge in [-0.3, -0.25) is 0 Å². The zero-order chi connectivity index (χ0) is 9.40. The average molecular weight is 173 g/mol. The summed E-state index contributed by atoms with van der Waals surface area (Å²) in [6, 6.07) is 0.775. The van der Waals surface area contributed by atoms with Crippen LogP contribution in [0, 0.1) is 0 Å². The van der Waals surface area contributed by atoms with Gasteiger partial charge in [0.25, 0.3) is 0 Å². The maximum Gasteiger partial charge on any atom is 0.0843 e. The van der Waals surface area contributed by atoms with Gasteiger partial charge in [-0.15, -0.1) is 0 Å². The first-order chi connectivity index (χ1) is 5.63. The second kappa shape index (κ2) is 7.10. The third-order valence-electron chi connectivity index (χ3n) is 1.97. The van der Waals surface area contributed by atoms with E-state index in [1.807, 2.05) is 0 Å². The fraction of sp³-hybridized carbons (Fsp3) is 0.889. The second-order valence-electron chi connectivity index (χ2n) is 3.35. The zero-order valence-corrected chi connectivity index (χ0v) is 7.84. The predicted molar refractivity (Wildman–Crippen MR) is 45.1 cm³/mol. The van der Waals surface area contributed by atoms with Crippen LogP contribution in [0.4, 0.5) is 0 Å².